The first kappa shape index (κ1) is 26.7. The molecule has 0 aromatic heterocycles. The van der Waals surface area contributed by atoms with E-state index in [9.17, 15) is 9.59 Å². The molecule has 2 aromatic carbocycles. The van der Waals surface area contributed by atoms with Crippen LogP contribution in [-0.2, 0) is 28.5 Å². The Hall–Kier alpha value is -3.40. The number of carbonyl (C=O) groups excluding carboxylic acids is 2. The van der Waals surface area contributed by atoms with Crippen LogP contribution in [0.3, 0.4) is 0 Å². The lowest BCUT2D eigenvalue weighted by atomic mass is 10.2. The third-order valence-corrected chi connectivity index (χ3v) is 6.17. The molecule has 2 heterocycles. The van der Waals surface area contributed by atoms with Crippen molar-refractivity contribution in [2.45, 2.75) is 31.7 Å². The Morgan fingerprint density at radius 3 is 1.86 bits per heavy atom. The number of hydrogen-bond acceptors (Lipinski definition) is 9. The maximum Gasteiger partial charge on any atom is 0.307 e. The topological polar surface area (TPSA) is 99.0 Å². The normalized spacial score (nSPS) is 21.2. The van der Waals surface area contributed by atoms with Gasteiger partial charge in [-0.1, -0.05) is 36.4 Å². The molecule has 0 fully saturated rings. The van der Waals surface area contributed by atoms with Gasteiger partial charge in [0.2, 0.25) is 0 Å². The summed E-state index contributed by atoms with van der Waals surface area (Å²) in [6.07, 6.45) is 4.23. The minimum absolute atomic E-state index is 0.0380. The van der Waals surface area contributed by atoms with E-state index in [4.69, 9.17) is 24.2 Å². The molecule has 2 aromatic rings. The first-order chi connectivity index (χ1) is 17.9. The smallest absolute Gasteiger partial charge is 0.307 e. The molecule has 0 spiro atoms. The van der Waals surface area contributed by atoms with Crippen LogP contribution in [0.15, 0.2) is 58.5 Å². The van der Waals surface area contributed by atoms with Crippen molar-refractivity contribution in [3.8, 4) is 0 Å². The predicted molar refractivity (Wildman–Crippen MR) is 136 cm³/mol. The Kier molecular flexibility index (Phi) is 8.81. The molecule has 0 amide bonds. The summed E-state index contributed by atoms with van der Waals surface area (Å²) in [5.41, 5.74) is -1.44. The summed E-state index contributed by atoms with van der Waals surface area (Å²) in [5.74, 6) is -0.357. The zero-order valence-electron chi connectivity index (χ0n) is 21.3. The molecule has 0 saturated carbocycles. The van der Waals surface area contributed by atoms with Gasteiger partial charge < -0.3 is 18.9 Å². The van der Waals surface area contributed by atoms with Crippen LogP contribution in [0.25, 0.3) is 12.2 Å². The maximum absolute atomic E-state index is 12.1. The molecule has 2 aliphatic rings. The van der Waals surface area contributed by atoms with Crippen LogP contribution in [0.2, 0.25) is 0 Å². The Morgan fingerprint density at radius 1 is 0.811 bits per heavy atom. The van der Waals surface area contributed by atoms with Crippen molar-refractivity contribution in [3.63, 3.8) is 0 Å². The van der Waals surface area contributed by atoms with Gasteiger partial charge in [0.25, 0.3) is 6.47 Å². The fourth-order valence-corrected chi connectivity index (χ4v) is 4.36. The largest absolute Gasteiger partial charge is 0.464 e. The Bertz CT molecular complexity index is 1180. The summed E-state index contributed by atoms with van der Waals surface area (Å²) in [6, 6.07) is 15.9. The van der Waals surface area contributed by atoms with Crippen LogP contribution >= 0.6 is 0 Å². The number of fused-ring (bicyclic) bond motifs is 2. The fourth-order valence-electron chi connectivity index (χ4n) is 4.36. The molecule has 0 aliphatic carbocycles. The van der Waals surface area contributed by atoms with Gasteiger partial charge >= 0.3 is 5.97 Å². The van der Waals surface area contributed by atoms with Gasteiger partial charge in [-0.2, -0.15) is 0 Å². The Morgan fingerprint density at radius 2 is 1.35 bits per heavy atom. The molecule has 0 N–H and O–H groups in total. The second-order valence-corrected chi connectivity index (χ2v) is 9.22. The number of benzene rings is 2. The quantitative estimate of drug-likeness (QED) is 0.191. The van der Waals surface area contributed by atoms with Gasteiger partial charge in [-0.15, -0.1) is 0 Å². The Labute approximate surface area is 215 Å². The van der Waals surface area contributed by atoms with E-state index >= 15 is 0 Å². The van der Waals surface area contributed by atoms with Crippen LogP contribution in [0, 0.1) is 0 Å². The first-order valence-corrected chi connectivity index (χ1v) is 12.4. The molecule has 2 atom stereocenters. The van der Waals surface area contributed by atoms with Crippen molar-refractivity contribution < 1.29 is 28.5 Å². The minimum atomic E-state index is -0.722. The highest BCUT2D eigenvalue weighted by Gasteiger charge is 2.26. The molecule has 37 heavy (non-hydrogen) atoms. The molecule has 2 unspecified atom stereocenters. The molecule has 196 valence electrons. The molecule has 0 radical (unpaired) electrons. The van der Waals surface area contributed by atoms with E-state index in [1.807, 2.05) is 74.5 Å². The highest BCUT2D eigenvalue weighted by atomic mass is 16.6. The molecule has 4 rings (SSSR count). The lowest BCUT2D eigenvalue weighted by Crippen LogP contribution is -2.37. The molecule has 9 nitrogen and oxygen atoms in total. The second-order valence-electron chi connectivity index (χ2n) is 9.22. The van der Waals surface area contributed by atoms with Gasteiger partial charge in [-0.25, -0.2) is 9.98 Å². The maximum atomic E-state index is 12.1. The van der Waals surface area contributed by atoms with E-state index < -0.39 is 11.4 Å². The summed E-state index contributed by atoms with van der Waals surface area (Å²) >= 11 is 0. The second kappa shape index (κ2) is 12.2. The molecule has 9 heteroatoms. The number of ether oxygens (including phenoxy) is 4. The minimum Gasteiger partial charge on any atom is -0.464 e. The standard InChI is InChI=1S/C28H33N3O6/c1-27(19-22-7-3-5-9-24(22)29-27)36-15-13-31(12-11-26(33)35-18-17-34-21-32)14-16-37-28(2)20-23-8-4-6-10-25(23)30-28/h3-10,19-21H,11-18H2,1-2H3. The number of carbonyl (C=O) groups is 2. The lowest BCUT2D eigenvalue weighted by Gasteiger charge is -2.27. The Balaban J connectivity index is 1.30. The van der Waals surface area contributed by atoms with Crippen LogP contribution in [0.4, 0.5) is 0 Å². The lowest BCUT2D eigenvalue weighted by molar-refractivity contribution is -0.147. The van der Waals surface area contributed by atoms with Crippen molar-refractivity contribution in [2.24, 2.45) is 9.98 Å². The monoisotopic (exact) mass is 507 g/mol. The highest BCUT2D eigenvalue weighted by Crippen LogP contribution is 2.17. The van der Waals surface area contributed by atoms with E-state index in [1.165, 1.54) is 0 Å². The van der Waals surface area contributed by atoms with Crippen molar-refractivity contribution in [1.82, 2.24) is 4.90 Å². The van der Waals surface area contributed by atoms with Gasteiger partial charge in [-0.05, 0) is 38.1 Å². The van der Waals surface area contributed by atoms with Crippen LogP contribution in [0.5, 0.6) is 0 Å². The zero-order chi connectivity index (χ0) is 26.1. The van der Waals surface area contributed by atoms with E-state index in [0.29, 0.717) is 39.3 Å². The van der Waals surface area contributed by atoms with E-state index in [2.05, 4.69) is 9.64 Å². The predicted octanol–water partition coefficient (Wildman–Crippen LogP) is 0.0881. The van der Waals surface area contributed by atoms with E-state index in [-0.39, 0.29) is 25.6 Å². The van der Waals surface area contributed by atoms with Crippen molar-refractivity contribution in [2.75, 3.05) is 46.1 Å². The van der Waals surface area contributed by atoms with E-state index in [0.717, 1.165) is 21.2 Å². The van der Waals surface area contributed by atoms with Gasteiger partial charge in [0.05, 0.1) is 30.3 Å². The van der Waals surface area contributed by atoms with Crippen molar-refractivity contribution >= 4 is 24.6 Å². The third kappa shape index (κ3) is 7.55. The molecular weight excluding hydrogens is 474 g/mol. The zero-order valence-corrected chi connectivity index (χ0v) is 21.3. The average Bonchev–Trinajstić information content (AvgIpc) is 3.40. The summed E-state index contributed by atoms with van der Waals surface area (Å²) in [5, 5.41) is 3.95. The van der Waals surface area contributed by atoms with Gasteiger partial charge in [0.1, 0.15) is 13.2 Å². The number of nitrogens with zero attached hydrogens (tertiary/aromatic N) is 3. The average molecular weight is 508 g/mol. The summed E-state index contributed by atoms with van der Waals surface area (Å²) in [7, 11) is 0. The third-order valence-electron chi connectivity index (χ3n) is 6.17. The summed E-state index contributed by atoms with van der Waals surface area (Å²) in [6.45, 7) is 6.77. The molecular formula is C28H33N3O6. The number of rotatable bonds is 15. The van der Waals surface area contributed by atoms with Crippen LogP contribution < -0.4 is 21.2 Å². The van der Waals surface area contributed by atoms with Crippen LogP contribution in [-0.4, -0.2) is 74.9 Å². The highest BCUT2D eigenvalue weighted by molar-refractivity contribution is 5.69. The van der Waals surface area contributed by atoms with Gasteiger partial charge in [-0.3, -0.25) is 14.5 Å². The molecule has 0 bridgehead atoms. The number of hydrogen-bond donors (Lipinski definition) is 0. The molecule has 0 saturated heterocycles. The van der Waals surface area contributed by atoms with Crippen molar-refractivity contribution in [1.29, 1.82) is 0 Å². The van der Waals surface area contributed by atoms with Crippen molar-refractivity contribution in [3.05, 3.63) is 69.7 Å². The van der Waals surface area contributed by atoms with Crippen LogP contribution in [0.1, 0.15) is 20.3 Å². The summed E-state index contributed by atoms with van der Waals surface area (Å²) < 4.78 is 22.0. The van der Waals surface area contributed by atoms with Gasteiger partial charge in [0.15, 0.2) is 11.4 Å². The summed E-state index contributed by atoms with van der Waals surface area (Å²) in [4.78, 5) is 33.8. The molecule has 2 aliphatic heterocycles. The van der Waals surface area contributed by atoms with E-state index in [1.54, 1.807) is 0 Å². The SMILES string of the molecule is CC1(OCCN(CCOC2(C)C=c3ccccc3=N2)CCC(=O)OCCOC=O)C=c2ccccc2=N1. The van der Waals surface area contributed by atoms with Gasteiger partial charge in [0, 0.05) is 30.1 Å². The fraction of sp³-hybridized carbons (Fsp3) is 0.429. The first-order valence-electron chi connectivity index (χ1n) is 12.4. The number of esters is 1. The number of para-hydroxylation sites is 2.